The monoisotopic (exact) mass is 304 g/mol. The van der Waals surface area contributed by atoms with E-state index < -0.39 is 5.97 Å². The second-order valence-corrected chi connectivity index (χ2v) is 5.47. The van der Waals surface area contributed by atoms with Crippen LogP contribution in [0.25, 0.3) is 16.3 Å². The molecule has 1 N–H and O–H groups in total. The van der Waals surface area contributed by atoms with Gasteiger partial charge >= 0.3 is 5.97 Å². The fourth-order valence-corrected chi connectivity index (χ4v) is 2.80. The van der Waals surface area contributed by atoms with Gasteiger partial charge in [-0.2, -0.15) is 5.10 Å². The van der Waals surface area contributed by atoms with E-state index in [2.05, 4.69) is 5.10 Å². The maximum Gasteiger partial charge on any atom is 0.356 e. The summed E-state index contributed by atoms with van der Waals surface area (Å²) in [6.07, 6.45) is 0. The molecule has 0 atom stereocenters. The highest BCUT2D eigenvalue weighted by Gasteiger charge is 2.16. The molecule has 0 aliphatic carbocycles. The van der Waals surface area contributed by atoms with Gasteiger partial charge in [0.25, 0.3) is 0 Å². The van der Waals surface area contributed by atoms with E-state index >= 15 is 0 Å². The molecule has 20 heavy (non-hydrogen) atoms. The van der Waals surface area contributed by atoms with Crippen molar-refractivity contribution in [1.82, 2.24) is 9.78 Å². The Morgan fingerprint density at radius 3 is 2.75 bits per heavy atom. The van der Waals surface area contributed by atoms with Gasteiger partial charge in [-0.15, -0.1) is 11.3 Å². The van der Waals surface area contributed by atoms with Crippen molar-refractivity contribution in [3.8, 4) is 16.3 Å². The van der Waals surface area contributed by atoms with Crippen LogP contribution < -0.4 is 0 Å². The van der Waals surface area contributed by atoms with Gasteiger partial charge in [0.1, 0.15) is 0 Å². The van der Waals surface area contributed by atoms with E-state index in [-0.39, 0.29) is 5.69 Å². The van der Waals surface area contributed by atoms with Crippen molar-refractivity contribution >= 4 is 28.9 Å². The Hall–Kier alpha value is -2.11. The number of nitrogens with zero attached hydrogens (tertiary/aromatic N) is 2. The lowest BCUT2D eigenvalue weighted by Gasteiger charge is -2.06. The van der Waals surface area contributed by atoms with Gasteiger partial charge in [0.2, 0.25) is 0 Å². The number of thiophene rings is 1. The number of aromatic carboxylic acids is 1. The van der Waals surface area contributed by atoms with Gasteiger partial charge < -0.3 is 5.11 Å². The van der Waals surface area contributed by atoms with Crippen LogP contribution in [0.1, 0.15) is 10.5 Å². The molecule has 3 aromatic rings. The SMILES string of the molecule is O=C(O)c1cc(-c2cccs2)n(-c2cccc(Cl)c2)n1. The van der Waals surface area contributed by atoms with Gasteiger partial charge in [-0.1, -0.05) is 23.7 Å². The lowest BCUT2D eigenvalue weighted by molar-refractivity contribution is 0.0690. The quantitative estimate of drug-likeness (QED) is 0.797. The number of halogens is 1. The number of carboxylic acid groups (broad SMARTS) is 1. The summed E-state index contributed by atoms with van der Waals surface area (Å²) in [5.74, 6) is -1.05. The summed E-state index contributed by atoms with van der Waals surface area (Å²) in [5.41, 5.74) is 1.47. The maximum absolute atomic E-state index is 11.1. The highest BCUT2D eigenvalue weighted by atomic mass is 35.5. The van der Waals surface area contributed by atoms with Crippen LogP contribution in [0.4, 0.5) is 0 Å². The van der Waals surface area contributed by atoms with Gasteiger partial charge in [-0.05, 0) is 29.6 Å². The minimum Gasteiger partial charge on any atom is -0.476 e. The lowest BCUT2D eigenvalue weighted by Crippen LogP contribution is -2.01. The van der Waals surface area contributed by atoms with Crippen molar-refractivity contribution in [2.75, 3.05) is 0 Å². The molecule has 0 spiro atoms. The van der Waals surface area contributed by atoms with Crippen molar-refractivity contribution in [1.29, 1.82) is 0 Å². The van der Waals surface area contributed by atoms with Crippen LogP contribution in [-0.4, -0.2) is 20.9 Å². The van der Waals surface area contributed by atoms with Gasteiger partial charge in [-0.25, -0.2) is 9.48 Å². The van der Waals surface area contributed by atoms with Gasteiger partial charge in [-0.3, -0.25) is 0 Å². The van der Waals surface area contributed by atoms with E-state index in [9.17, 15) is 4.79 Å². The van der Waals surface area contributed by atoms with Crippen LogP contribution in [0.2, 0.25) is 5.02 Å². The molecule has 2 heterocycles. The Bertz CT molecular complexity index is 765. The van der Waals surface area contributed by atoms with Crippen molar-refractivity contribution in [2.45, 2.75) is 0 Å². The summed E-state index contributed by atoms with van der Waals surface area (Å²) in [6, 6.07) is 12.5. The molecule has 3 rings (SSSR count). The number of rotatable bonds is 3. The van der Waals surface area contributed by atoms with E-state index in [1.54, 1.807) is 28.9 Å². The van der Waals surface area contributed by atoms with Gasteiger partial charge in [0, 0.05) is 11.1 Å². The summed E-state index contributed by atoms with van der Waals surface area (Å²) < 4.78 is 1.60. The number of benzene rings is 1. The summed E-state index contributed by atoms with van der Waals surface area (Å²) in [7, 11) is 0. The molecular weight excluding hydrogens is 296 g/mol. The number of carboxylic acids is 1. The van der Waals surface area contributed by atoms with Gasteiger partial charge in [0.15, 0.2) is 5.69 Å². The molecule has 6 heteroatoms. The van der Waals surface area contributed by atoms with Crippen LogP contribution >= 0.6 is 22.9 Å². The summed E-state index contributed by atoms with van der Waals surface area (Å²) in [5, 5.41) is 15.8. The number of hydrogen-bond acceptors (Lipinski definition) is 3. The number of carbonyl (C=O) groups is 1. The highest BCUT2D eigenvalue weighted by molar-refractivity contribution is 7.13. The van der Waals surface area contributed by atoms with Crippen molar-refractivity contribution in [2.24, 2.45) is 0 Å². The molecule has 0 aliphatic heterocycles. The molecular formula is C14H9ClN2O2S. The molecule has 2 aromatic heterocycles. The smallest absolute Gasteiger partial charge is 0.356 e. The molecule has 4 nitrogen and oxygen atoms in total. The van der Waals surface area contributed by atoms with Crippen molar-refractivity contribution in [3.05, 3.63) is 58.6 Å². The second kappa shape index (κ2) is 5.11. The minimum absolute atomic E-state index is 0.00776. The third-order valence-corrected chi connectivity index (χ3v) is 3.88. The molecule has 0 radical (unpaired) electrons. The molecule has 0 saturated carbocycles. The predicted octanol–water partition coefficient (Wildman–Crippen LogP) is 3.95. The Morgan fingerprint density at radius 2 is 2.10 bits per heavy atom. The molecule has 0 bridgehead atoms. The molecule has 0 aliphatic rings. The lowest BCUT2D eigenvalue weighted by atomic mass is 10.3. The van der Waals surface area contributed by atoms with Crippen LogP contribution in [0.15, 0.2) is 47.8 Å². The first-order valence-electron chi connectivity index (χ1n) is 5.78. The van der Waals surface area contributed by atoms with E-state index in [4.69, 9.17) is 16.7 Å². The topological polar surface area (TPSA) is 55.1 Å². The first kappa shape index (κ1) is 12.9. The standard InChI is InChI=1S/C14H9ClN2O2S/c15-9-3-1-4-10(7-9)17-12(13-5-2-6-20-13)8-11(16-17)14(18)19/h1-8H,(H,18,19). The van der Waals surface area contributed by atoms with E-state index in [0.717, 1.165) is 16.3 Å². The van der Waals surface area contributed by atoms with Crippen LogP contribution in [0.5, 0.6) is 0 Å². The molecule has 0 unspecified atom stereocenters. The predicted molar refractivity (Wildman–Crippen MR) is 78.8 cm³/mol. The Kier molecular flexibility index (Phi) is 3.30. The van der Waals surface area contributed by atoms with Crippen LogP contribution in [-0.2, 0) is 0 Å². The number of hydrogen-bond donors (Lipinski definition) is 1. The maximum atomic E-state index is 11.1. The first-order valence-corrected chi connectivity index (χ1v) is 7.04. The largest absolute Gasteiger partial charge is 0.476 e. The average molecular weight is 305 g/mol. The molecule has 0 saturated heterocycles. The van der Waals surface area contributed by atoms with E-state index in [1.807, 2.05) is 23.6 Å². The Labute approximate surface area is 123 Å². The Morgan fingerprint density at radius 1 is 1.25 bits per heavy atom. The fraction of sp³-hybridized carbons (Fsp3) is 0. The first-order chi connectivity index (χ1) is 9.65. The van der Waals surface area contributed by atoms with Crippen molar-refractivity contribution in [3.63, 3.8) is 0 Å². The Balaban J connectivity index is 2.21. The van der Waals surface area contributed by atoms with Crippen molar-refractivity contribution < 1.29 is 9.90 Å². The molecule has 0 amide bonds. The fourth-order valence-electron chi connectivity index (χ4n) is 1.89. The third kappa shape index (κ3) is 2.33. The summed E-state index contributed by atoms with van der Waals surface area (Å²) in [6.45, 7) is 0. The average Bonchev–Trinajstić information content (AvgIpc) is 3.07. The highest BCUT2D eigenvalue weighted by Crippen LogP contribution is 2.28. The summed E-state index contributed by atoms with van der Waals surface area (Å²) in [4.78, 5) is 12.1. The summed E-state index contributed by atoms with van der Waals surface area (Å²) >= 11 is 7.51. The van der Waals surface area contributed by atoms with E-state index in [1.165, 1.54) is 11.3 Å². The molecule has 1 aromatic carbocycles. The zero-order valence-corrected chi connectivity index (χ0v) is 11.7. The van der Waals surface area contributed by atoms with Crippen LogP contribution in [0, 0.1) is 0 Å². The van der Waals surface area contributed by atoms with Gasteiger partial charge in [0.05, 0.1) is 16.3 Å². The molecule has 0 fully saturated rings. The third-order valence-electron chi connectivity index (χ3n) is 2.75. The second-order valence-electron chi connectivity index (χ2n) is 4.09. The zero-order chi connectivity index (χ0) is 14.1. The normalized spacial score (nSPS) is 10.7. The van der Waals surface area contributed by atoms with Crippen LogP contribution in [0.3, 0.4) is 0 Å². The zero-order valence-electron chi connectivity index (χ0n) is 10.2. The minimum atomic E-state index is -1.05. The van der Waals surface area contributed by atoms with E-state index in [0.29, 0.717) is 5.02 Å². The number of aromatic nitrogens is 2. The molecule has 100 valence electrons.